The molecule has 24 heavy (non-hydrogen) atoms. The van der Waals surface area contributed by atoms with Gasteiger partial charge in [0, 0.05) is 13.7 Å². The summed E-state index contributed by atoms with van der Waals surface area (Å²) >= 11 is 0. The Kier molecular flexibility index (Phi) is 5.33. The molecule has 1 aromatic rings. The van der Waals surface area contributed by atoms with Crippen molar-refractivity contribution in [2.24, 2.45) is 5.92 Å². The molecule has 10 heteroatoms. The molecule has 0 radical (unpaired) electrons. The minimum atomic E-state index is -3.74. The van der Waals surface area contributed by atoms with Crippen LogP contribution < -0.4 is 9.03 Å². The van der Waals surface area contributed by atoms with Gasteiger partial charge in [0.1, 0.15) is 0 Å². The molecule has 1 aliphatic rings. The Morgan fingerprint density at radius 1 is 1.38 bits per heavy atom. The Hall–Kier alpha value is -1.49. The first kappa shape index (κ1) is 18.8. The van der Waals surface area contributed by atoms with Gasteiger partial charge in [-0.25, -0.2) is 25.9 Å². The number of sulfonamides is 2. The number of amides is 1. The smallest absolute Gasteiger partial charge is 0.244 e. The number of carbonyl (C=O) groups excluding carboxylic acids is 1. The molecule has 0 bridgehead atoms. The zero-order valence-corrected chi connectivity index (χ0v) is 15.3. The fourth-order valence-electron chi connectivity index (χ4n) is 2.50. The molecule has 1 unspecified atom stereocenters. The zero-order chi connectivity index (χ0) is 18.1. The van der Waals surface area contributed by atoms with E-state index < -0.39 is 31.9 Å². The minimum Gasteiger partial charge on any atom is -0.383 e. The number of ether oxygens (including phenoxy) is 1. The fraction of sp³-hybridized carbons (Fsp3) is 0.500. The zero-order valence-electron chi connectivity index (χ0n) is 13.6. The third-order valence-corrected chi connectivity index (χ3v) is 7.13. The fourth-order valence-corrected chi connectivity index (χ4v) is 5.55. The van der Waals surface area contributed by atoms with Gasteiger partial charge >= 0.3 is 0 Å². The van der Waals surface area contributed by atoms with Crippen LogP contribution in [-0.4, -0.2) is 48.8 Å². The van der Waals surface area contributed by atoms with E-state index in [1.165, 1.54) is 25.3 Å². The third kappa shape index (κ3) is 3.61. The number of hydrogen-bond donors (Lipinski definition) is 1. The van der Waals surface area contributed by atoms with Crippen LogP contribution in [0.25, 0.3) is 0 Å². The van der Waals surface area contributed by atoms with E-state index in [-0.39, 0.29) is 29.5 Å². The maximum absolute atomic E-state index is 12.2. The maximum atomic E-state index is 12.2. The third-order valence-electron chi connectivity index (χ3n) is 3.64. The van der Waals surface area contributed by atoms with Crippen molar-refractivity contribution in [3.05, 3.63) is 23.8 Å². The lowest BCUT2D eigenvalue weighted by atomic mass is 10.2. The molecule has 0 saturated carbocycles. The Labute approximate surface area is 141 Å². The molecule has 1 aromatic carbocycles. The molecule has 8 nitrogen and oxygen atoms in total. The molecule has 1 heterocycles. The number of hydrogen-bond acceptors (Lipinski definition) is 6. The molecule has 0 aliphatic carbocycles. The average Bonchev–Trinajstić information content (AvgIpc) is 2.66. The number of carbonyl (C=O) groups is 1. The van der Waals surface area contributed by atoms with Crippen molar-refractivity contribution in [1.29, 1.82) is 0 Å². The van der Waals surface area contributed by atoms with Crippen LogP contribution >= 0.6 is 0 Å². The van der Waals surface area contributed by atoms with Crippen LogP contribution in [0.3, 0.4) is 0 Å². The molecule has 1 fully saturated rings. The molecule has 134 valence electrons. The Morgan fingerprint density at radius 3 is 2.54 bits per heavy atom. The van der Waals surface area contributed by atoms with E-state index in [1.807, 2.05) is 0 Å². The highest BCUT2D eigenvalue weighted by Gasteiger charge is 2.42. The van der Waals surface area contributed by atoms with Crippen molar-refractivity contribution in [1.82, 2.24) is 4.72 Å². The summed E-state index contributed by atoms with van der Waals surface area (Å²) in [4.78, 5) is 12.1. The quantitative estimate of drug-likeness (QED) is 0.712. The van der Waals surface area contributed by atoms with Gasteiger partial charge in [-0.05, 0) is 30.7 Å². The van der Waals surface area contributed by atoms with E-state index in [2.05, 4.69) is 4.72 Å². The number of nitrogens with zero attached hydrogens (tertiary/aromatic N) is 1. The predicted octanol–water partition coefficient (Wildman–Crippen LogP) is 0.232. The van der Waals surface area contributed by atoms with Crippen LogP contribution in [0.2, 0.25) is 0 Å². The van der Waals surface area contributed by atoms with Crippen molar-refractivity contribution in [2.45, 2.75) is 18.7 Å². The predicted molar refractivity (Wildman–Crippen MR) is 88.7 cm³/mol. The summed E-state index contributed by atoms with van der Waals surface area (Å²) in [6.45, 7) is 3.45. The number of nitrogens with one attached hydrogen (secondary N) is 1. The first-order valence-electron chi connectivity index (χ1n) is 7.26. The lowest BCUT2D eigenvalue weighted by molar-refractivity contribution is -0.119. The maximum Gasteiger partial charge on any atom is 0.244 e. The Bertz CT molecular complexity index is 848. The normalized spacial score (nSPS) is 20.5. The molecule has 0 aromatic heterocycles. The number of rotatable bonds is 6. The number of benzene rings is 1. The lowest BCUT2D eigenvalue weighted by Crippen LogP contribution is -2.31. The second kappa shape index (κ2) is 6.79. The summed E-state index contributed by atoms with van der Waals surface area (Å²) in [6.07, 6.45) is 0. The van der Waals surface area contributed by atoms with E-state index in [0.717, 1.165) is 4.31 Å². The van der Waals surface area contributed by atoms with Gasteiger partial charge in [0.2, 0.25) is 26.0 Å². The Balaban J connectivity index is 2.36. The van der Waals surface area contributed by atoms with Gasteiger partial charge in [-0.15, -0.1) is 0 Å². The SMILES string of the molecule is COCCNS(=O)(=O)c1ccc(N2C(=O)C(C)CS2(=O)=O)cc1C. The standard InChI is InChI=1S/C14H20N2O6S2/c1-10-8-12(16-14(17)11(2)9-23(16,18)19)4-5-13(10)24(20,21)15-6-7-22-3/h4-5,8,11,15H,6-7,9H2,1-3H3. The molecule has 1 amide bonds. The van der Waals surface area contributed by atoms with Crippen LogP contribution in [0.5, 0.6) is 0 Å². The lowest BCUT2D eigenvalue weighted by Gasteiger charge is -2.17. The molecular weight excluding hydrogens is 356 g/mol. The Morgan fingerprint density at radius 2 is 2.04 bits per heavy atom. The number of aryl methyl sites for hydroxylation is 1. The van der Waals surface area contributed by atoms with Gasteiger partial charge < -0.3 is 4.74 Å². The van der Waals surface area contributed by atoms with Crippen molar-refractivity contribution in [3.63, 3.8) is 0 Å². The van der Waals surface area contributed by atoms with Crippen molar-refractivity contribution < 1.29 is 26.4 Å². The second-order valence-corrected chi connectivity index (χ2v) is 9.22. The summed E-state index contributed by atoms with van der Waals surface area (Å²) in [6, 6.07) is 4.01. The summed E-state index contributed by atoms with van der Waals surface area (Å²) < 4.78 is 56.6. The van der Waals surface area contributed by atoms with E-state index in [9.17, 15) is 21.6 Å². The van der Waals surface area contributed by atoms with Gasteiger partial charge in [-0.3, -0.25) is 4.79 Å². The summed E-state index contributed by atoms with van der Waals surface area (Å²) in [7, 11) is -6.00. The first-order valence-corrected chi connectivity index (χ1v) is 10.4. The van der Waals surface area contributed by atoms with Gasteiger partial charge in [-0.1, -0.05) is 6.92 Å². The summed E-state index contributed by atoms with van der Waals surface area (Å²) in [5, 5.41) is 0. The monoisotopic (exact) mass is 376 g/mol. The van der Waals surface area contributed by atoms with Gasteiger partial charge in [-0.2, -0.15) is 0 Å². The van der Waals surface area contributed by atoms with E-state index in [1.54, 1.807) is 13.8 Å². The van der Waals surface area contributed by atoms with Gasteiger partial charge in [0.25, 0.3) is 0 Å². The topological polar surface area (TPSA) is 110 Å². The molecule has 1 aliphatic heterocycles. The molecular formula is C14H20N2O6S2. The van der Waals surface area contributed by atoms with E-state index in [0.29, 0.717) is 5.56 Å². The van der Waals surface area contributed by atoms with Gasteiger partial charge in [0.05, 0.1) is 28.9 Å². The number of methoxy groups -OCH3 is 1. The largest absolute Gasteiger partial charge is 0.383 e. The van der Waals surface area contributed by atoms with Crippen molar-refractivity contribution in [3.8, 4) is 0 Å². The number of anilines is 1. The summed E-state index contributed by atoms with van der Waals surface area (Å²) in [5.41, 5.74) is 0.498. The van der Waals surface area contributed by atoms with Crippen molar-refractivity contribution >= 4 is 31.6 Å². The second-order valence-electron chi connectivity index (χ2n) is 5.62. The summed E-state index contributed by atoms with van der Waals surface area (Å²) in [5.74, 6) is -1.37. The highest BCUT2D eigenvalue weighted by atomic mass is 32.2. The highest BCUT2D eigenvalue weighted by molar-refractivity contribution is 7.94. The van der Waals surface area contributed by atoms with Crippen LogP contribution in [0, 0.1) is 12.8 Å². The van der Waals surface area contributed by atoms with Gasteiger partial charge in [0.15, 0.2) is 0 Å². The first-order chi connectivity index (χ1) is 11.1. The molecule has 1 atom stereocenters. The molecule has 1 saturated heterocycles. The molecule has 2 rings (SSSR count). The van der Waals surface area contributed by atoms with E-state index >= 15 is 0 Å². The van der Waals surface area contributed by atoms with Crippen LogP contribution in [0.4, 0.5) is 5.69 Å². The van der Waals surface area contributed by atoms with Crippen molar-refractivity contribution in [2.75, 3.05) is 30.3 Å². The molecule has 0 spiro atoms. The van der Waals surface area contributed by atoms with Crippen LogP contribution in [0.1, 0.15) is 12.5 Å². The molecule has 1 N–H and O–H groups in total. The van der Waals surface area contributed by atoms with Crippen LogP contribution in [0.15, 0.2) is 23.1 Å². The average molecular weight is 376 g/mol. The highest BCUT2D eigenvalue weighted by Crippen LogP contribution is 2.30. The van der Waals surface area contributed by atoms with E-state index in [4.69, 9.17) is 4.74 Å². The van der Waals surface area contributed by atoms with Crippen LogP contribution in [-0.2, 0) is 29.6 Å². The minimum absolute atomic E-state index is 0.0273.